The average Bonchev–Trinajstić information content (AvgIpc) is 2.31. The first kappa shape index (κ1) is 6.49. The van der Waals surface area contributed by atoms with Crippen LogP contribution in [0.4, 0.5) is 5.82 Å². The number of anilines is 1. The van der Waals surface area contributed by atoms with Crippen molar-refractivity contribution in [2.24, 2.45) is 0 Å². The van der Waals surface area contributed by atoms with Gasteiger partial charge in [0.25, 0.3) is 0 Å². The quantitative estimate of drug-likeness (QED) is 0.647. The Morgan fingerprint density at radius 3 is 3.00 bits per heavy atom. The highest BCUT2D eigenvalue weighted by atomic mass is 35.5. The molecule has 0 spiro atoms. The molecule has 0 unspecified atom stereocenters. The van der Waals surface area contributed by atoms with Crippen molar-refractivity contribution in [3.8, 4) is 0 Å². The van der Waals surface area contributed by atoms with E-state index in [1.807, 2.05) is 12.1 Å². The number of hydrogen-bond acceptors (Lipinski definition) is 2. The summed E-state index contributed by atoms with van der Waals surface area (Å²) in [6.07, 6.45) is 1.69. The summed E-state index contributed by atoms with van der Waals surface area (Å²) in [6.45, 7) is 0. The summed E-state index contributed by atoms with van der Waals surface area (Å²) in [4.78, 5) is 4.02. The molecule has 0 bridgehead atoms. The van der Waals surface area contributed by atoms with Crippen LogP contribution in [-0.4, -0.2) is 9.38 Å². The lowest BCUT2D eigenvalue weighted by atomic mass is 10.4. The molecule has 0 saturated heterocycles. The summed E-state index contributed by atoms with van der Waals surface area (Å²) in [7, 11) is 0. The van der Waals surface area contributed by atoms with E-state index in [4.69, 9.17) is 17.3 Å². The summed E-state index contributed by atoms with van der Waals surface area (Å²) < 4.78 is 1.74. The number of imidazole rings is 1. The number of nitrogens with zero attached hydrogens (tertiary/aromatic N) is 2. The number of hydrogen-bond donors (Lipinski definition) is 1. The zero-order valence-corrected chi connectivity index (χ0v) is 6.42. The number of nitrogens with two attached hydrogens (primary N) is 1. The molecule has 0 aliphatic carbocycles. The Kier molecular flexibility index (Phi) is 1.26. The second-order valence-electron chi connectivity index (χ2n) is 2.24. The lowest BCUT2D eigenvalue weighted by molar-refractivity contribution is 1.20. The van der Waals surface area contributed by atoms with Gasteiger partial charge in [-0.3, -0.25) is 4.40 Å². The van der Waals surface area contributed by atoms with Crippen LogP contribution < -0.4 is 5.73 Å². The Hall–Kier alpha value is -1.22. The molecule has 3 nitrogen and oxygen atoms in total. The van der Waals surface area contributed by atoms with Gasteiger partial charge in [-0.2, -0.15) is 0 Å². The molecule has 4 heteroatoms. The minimum Gasteiger partial charge on any atom is -0.385 e. The molecular formula is C7H6ClN3. The van der Waals surface area contributed by atoms with Gasteiger partial charge in [0, 0.05) is 6.20 Å². The first-order valence-corrected chi connectivity index (χ1v) is 3.54. The predicted molar refractivity (Wildman–Crippen MR) is 44.6 cm³/mol. The van der Waals surface area contributed by atoms with Crippen molar-refractivity contribution in [2.75, 3.05) is 5.73 Å². The highest BCUT2D eigenvalue weighted by Gasteiger charge is 1.98. The largest absolute Gasteiger partial charge is 0.385 e. The third kappa shape index (κ3) is 0.935. The summed E-state index contributed by atoms with van der Waals surface area (Å²) in [6, 6.07) is 5.49. The molecule has 11 heavy (non-hydrogen) atoms. The molecule has 0 saturated carbocycles. The van der Waals surface area contributed by atoms with E-state index in [9.17, 15) is 0 Å². The standard InChI is InChI=1S/C7H6ClN3/c8-5-4-11-6(9)2-1-3-7(11)10-5/h1-4H,9H2. The van der Waals surface area contributed by atoms with Gasteiger partial charge in [0.05, 0.1) is 0 Å². The van der Waals surface area contributed by atoms with E-state index in [1.165, 1.54) is 0 Å². The Labute approximate surface area is 68.4 Å². The van der Waals surface area contributed by atoms with E-state index in [0.717, 1.165) is 5.65 Å². The molecule has 0 aromatic carbocycles. The highest BCUT2D eigenvalue weighted by Crippen LogP contribution is 2.12. The number of halogens is 1. The average molecular weight is 168 g/mol. The van der Waals surface area contributed by atoms with Crippen LogP contribution in [0.3, 0.4) is 0 Å². The van der Waals surface area contributed by atoms with Crippen LogP contribution in [0, 0.1) is 0 Å². The van der Waals surface area contributed by atoms with Crippen molar-refractivity contribution in [1.82, 2.24) is 9.38 Å². The van der Waals surface area contributed by atoms with Gasteiger partial charge in [0.2, 0.25) is 0 Å². The molecule has 2 rings (SSSR count). The van der Waals surface area contributed by atoms with Gasteiger partial charge in [-0.25, -0.2) is 4.98 Å². The van der Waals surface area contributed by atoms with Crippen LogP contribution in [-0.2, 0) is 0 Å². The Bertz CT molecular complexity index is 393. The fraction of sp³-hybridized carbons (Fsp3) is 0. The predicted octanol–water partition coefficient (Wildman–Crippen LogP) is 1.57. The van der Waals surface area contributed by atoms with Crippen LogP contribution >= 0.6 is 11.6 Å². The number of nitrogen functional groups attached to an aromatic ring is 1. The maximum absolute atomic E-state index is 5.67. The van der Waals surface area contributed by atoms with Gasteiger partial charge in [0.1, 0.15) is 16.6 Å². The smallest absolute Gasteiger partial charge is 0.148 e. The van der Waals surface area contributed by atoms with Crippen LogP contribution in [0.2, 0.25) is 5.15 Å². The molecule has 0 radical (unpaired) electrons. The minimum absolute atomic E-state index is 0.461. The SMILES string of the molecule is Nc1cccc2nc(Cl)cn12. The molecule has 2 N–H and O–H groups in total. The lowest BCUT2D eigenvalue weighted by Gasteiger charge is -1.95. The third-order valence-corrected chi connectivity index (χ3v) is 1.68. The number of rotatable bonds is 0. The van der Waals surface area contributed by atoms with Gasteiger partial charge in [0.15, 0.2) is 0 Å². The number of aromatic nitrogens is 2. The first-order valence-electron chi connectivity index (χ1n) is 3.16. The first-order chi connectivity index (χ1) is 5.27. The minimum atomic E-state index is 0.461. The van der Waals surface area contributed by atoms with E-state index in [0.29, 0.717) is 11.0 Å². The molecule has 2 heterocycles. The van der Waals surface area contributed by atoms with E-state index in [2.05, 4.69) is 4.98 Å². The van der Waals surface area contributed by atoms with E-state index in [1.54, 1.807) is 16.7 Å². The fourth-order valence-electron chi connectivity index (χ4n) is 1.00. The van der Waals surface area contributed by atoms with Crippen molar-refractivity contribution in [2.45, 2.75) is 0 Å². The van der Waals surface area contributed by atoms with Crippen molar-refractivity contribution >= 4 is 23.1 Å². The molecule has 56 valence electrons. The van der Waals surface area contributed by atoms with E-state index < -0.39 is 0 Å². The van der Waals surface area contributed by atoms with E-state index in [-0.39, 0.29) is 0 Å². The number of fused-ring (bicyclic) bond motifs is 1. The molecule has 0 aliphatic rings. The second-order valence-corrected chi connectivity index (χ2v) is 2.63. The molecule has 0 aliphatic heterocycles. The van der Waals surface area contributed by atoms with Crippen molar-refractivity contribution in [3.63, 3.8) is 0 Å². The van der Waals surface area contributed by atoms with Crippen LogP contribution in [0.1, 0.15) is 0 Å². The van der Waals surface area contributed by atoms with Gasteiger partial charge < -0.3 is 5.73 Å². The summed E-state index contributed by atoms with van der Waals surface area (Å²) in [5, 5.41) is 0.461. The summed E-state index contributed by atoms with van der Waals surface area (Å²) in [5.41, 5.74) is 6.41. The van der Waals surface area contributed by atoms with Crippen molar-refractivity contribution in [3.05, 3.63) is 29.5 Å². The Morgan fingerprint density at radius 2 is 2.27 bits per heavy atom. The van der Waals surface area contributed by atoms with Gasteiger partial charge in [-0.15, -0.1) is 0 Å². The maximum Gasteiger partial charge on any atom is 0.148 e. The van der Waals surface area contributed by atoms with Crippen LogP contribution in [0.25, 0.3) is 5.65 Å². The van der Waals surface area contributed by atoms with Gasteiger partial charge >= 0.3 is 0 Å². The summed E-state index contributed by atoms with van der Waals surface area (Å²) in [5.74, 6) is 0.641. The fourth-order valence-corrected chi connectivity index (χ4v) is 1.19. The third-order valence-electron chi connectivity index (χ3n) is 1.49. The van der Waals surface area contributed by atoms with Crippen molar-refractivity contribution < 1.29 is 0 Å². The molecule has 2 aromatic heterocycles. The second kappa shape index (κ2) is 2.13. The molecular weight excluding hydrogens is 162 g/mol. The zero-order chi connectivity index (χ0) is 7.84. The van der Waals surface area contributed by atoms with Crippen LogP contribution in [0.5, 0.6) is 0 Å². The molecule has 0 atom stereocenters. The van der Waals surface area contributed by atoms with Crippen molar-refractivity contribution in [1.29, 1.82) is 0 Å². The Morgan fingerprint density at radius 1 is 1.45 bits per heavy atom. The lowest BCUT2D eigenvalue weighted by Crippen LogP contribution is -1.93. The molecule has 0 fully saturated rings. The van der Waals surface area contributed by atoms with Crippen LogP contribution in [0.15, 0.2) is 24.4 Å². The monoisotopic (exact) mass is 167 g/mol. The Balaban J connectivity index is 2.90. The highest BCUT2D eigenvalue weighted by molar-refractivity contribution is 6.29. The molecule has 2 aromatic rings. The van der Waals surface area contributed by atoms with Gasteiger partial charge in [-0.1, -0.05) is 17.7 Å². The van der Waals surface area contributed by atoms with E-state index >= 15 is 0 Å². The topological polar surface area (TPSA) is 43.3 Å². The molecule has 0 amide bonds. The number of pyridine rings is 1. The zero-order valence-electron chi connectivity index (χ0n) is 5.66. The van der Waals surface area contributed by atoms with Gasteiger partial charge in [-0.05, 0) is 12.1 Å². The maximum atomic E-state index is 5.67. The summed E-state index contributed by atoms with van der Waals surface area (Å²) >= 11 is 5.67. The normalized spacial score (nSPS) is 10.6.